The largest absolute Gasteiger partial charge is 0.419 e. The first-order valence-corrected chi connectivity index (χ1v) is 7.86. The number of oxazole rings is 1. The van der Waals surface area contributed by atoms with Crippen LogP contribution >= 0.6 is 0 Å². The summed E-state index contributed by atoms with van der Waals surface area (Å²) in [6.07, 6.45) is 0.116. The van der Waals surface area contributed by atoms with E-state index in [-0.39, 0.29) is 31.0 Å². The number of hydrogen-bond donors (Lipinski definition) is 2. The molecule has 0 saturated carbocycles. The van der Waals surface area contributed by atoms with Gasteiger partial charge in [-0.15, -0.1) is 0 Å². The Kier molecular flexibility index (Phi) is 4.51. The van der Waals surface area contributed by atoms with E-state index in [2.05, 4.69) is 15.3 Å². The second-order valence-corrected chi connectivity index (χ2v) is 5.84. The highest BCUT2D eigenvalue weighted by Gasteiger charge is 2.11. The van der Waals surface area contributed by atoms with Gasteiger partial charge in [0.15, 0.2) is 5.58 Å². The van der Waals surface area contributed by atoms with Crippen molar-refractivity contribution in [2.75, 3.05) is 0 Å². The number of amides is 1. The fourth-order valence-electron chi connectivity index (χ4n) is 2.61. The molecule has 130 valence electrons. The topological polar surface area (TPSA) is 110 Å². The summed E-state index contributed by atoms with van der Waals surface area (Å²) in [5, 5.41) is 2.69. The van der Waals surface area contributed by atoms with E-state index in [0.29, 0.717) is 22.6 Å². The Labute approximate surface area is 142 Å². The quantitative estimate of drug-likeness (QED) is 0.719. The number of aromatic nitrogens is 3. The van der Waals surface area contributed by atoms with Crippen LogP contribution in [0.1, 0.15) is 23.5 Å². The average Bonchev–Trinajstić information content (AvgIpc) is 2.85. The molecule has 2 heterocycles. The summed E-state index contributed by atoms with van der Waals surface area (Å²) in [6, 6.07) is 6.79. The van der Waals surface area contributed by atoms with Gasteiger partial charge in [0, 0.05) is 19.0 Å². The summed E-state index contributed by atoms with van der Waals surface area (Å²) in [4.78, 5) is 42.0. The molecule has 0 spiro atoms. The summed E-state index contributed by atoms with van der Waals surface area (Å²) in [7, 11) is 0. The molecule has 0 radical (unpaired) electrons. The van der Waals surface area contributed by atoms with Gasteiger partial charge in [-0.2, -0.15) is 0 Å². The Morgan fingerprint density at radius 3 is 2.84 bits per heavy atom. The number of hydrogen-bond acceptors (Lipinski definition) is 5. The molecule has 0 fully saturated rings. The van der Waals surface area contributed by atoms with Gasteiger partial charge < -0.3 is 14.7 Å². The van der Waals surface area contributed by atoms with Crippen molar-refractivity contribution in [3.8, 4) is 0 Å². The van der Waals surface area contributed by atoms with Gasteiger partial charge in [0.25, 0.3) is 5.56 Å². The number of H-pyrrole nitrogens is 1. The minimum atomic E-state index is -0.486. The standard InChI is InChI=1S/C17H18N4O4/c1-10-3-4-14-13(7-10)21(17(24)25-14)6-5-15(22)18-9-12-8-16(23)20-11(2)19-12/h3-4,7-8H,5-6,9H2,1-2H3,(H,18,22)(H,19,20,23). The molecule has 0 atom stereocenters. The van der Waals surface area contributed by atoms with Crippen LogP contribution in [-0.2, 0) is 17.9 Å². The van der Waals surface area contributed by atoms with Crippen molar-refractivity contribution < 1.29 is 9.21 Å². The Morgan fingerprint density at radius 2 is 2.08 bits per heavy atom. The van der Waals surface area contributed by atoms with Gasteiger partial charge >= 0.3 is 5.76 Å². The molecule has 0 aliphatic rings. The van der Waals surface area contributed by atoms with E-state index in [1.807, 2.05) is 19.1 Å². The lowest BCUT2D eigenvalue weighted by molar-refractivity contribution is -0.121. The number of aromatic amines is 1. The van der Waals surface area contributed by atoms with Crippen LogP contribution in [-0.4, -0.2) is 20.4 Å². The van der Waals surface area contributed by atoms with Crippen molar-refractivity contribution in [3.63, 3.8) is 0 Å². The molecule has 2 aromatic heterocycles. The SMILES string of the molecule is Cc1ccc2oc(=O)n(CCC(=O)NCc3cc(=O)[nH]c(C)n3)c2c1. The van der Waals surface area contributed by atoms with Crippen molar-refractivity contribution in [2.45, 2.75) is 33.4 Å². The van der Waals surface area contributed by atoms with Gasteiger partial charge in [0.1, 0.15) is 5.82 Å². The Morgan fingerprint density at radius 1 is 1.28 bits per heavy atom. The smallest absolute Gasteiger partial charge is 0.408 e. The number of benzene rings is 1. The van der Waals surface area contributed by atoms with Gasteiger partial charge in [-0.25, -0.2) is 9.78 Å². The van der Waals surface area contributed by atoms with Crippen LogP contribution in [0.15, 0.2) is 38.3 Å². The lowest BCUT2D eigenvalue weighted by Gasteiger charge is -2.06. The second-order valence-electron chi connectivity index (χ2n) is 5.84. The first kappa shape index (κ1) is 16.7. The molecule has 0 aliphatic heterocycles. The first-order chi connectivity index (χ1) is 11.9. The second kappa shape index (κ2) is 6.76. The third-order valence-electron chi connectivity index (χ3n) is 3.77. The fraction of sp³-hybridized carbons (Fsp3) is 0.294. The molecule has 1 amide bonds. The molecule has 0 aliphatic carbocycles. The molecular weight excluding hydrogens is 324 g/mol. The maximum atomic E-state index is 12.0. The van der Waals surface area contributed by atoms with Crippen LogP contribution in [0.4, 0.5) is 0 Å². The first-order valence-electron chi connectivity index (χ1n) is 7.86. The Hall–Kier alpha value is -3.16. The molecule has 0 saturated heterocycles. The predicted molar refractivity (Wildman–Crippen MR) is 91.3 cm³/mol. The molecular formula is C17H18N4O4. The zero-order valence-corrected chi connectivity index (χ0v) is 14.0. The highest BCUT2D eigenvalue weighted by Crippen LogP contribution is 2.14. The van der Waals surface area contributed by atoms with Crippen molar-refractivity contribution in [1.29, 1.82) is 0 Å². The normalized spacial score (nSPS) is 11.0. The molecule has 8 heteroatoms. The number of carbonyl (C=O) groups is 1. The summed E-state index contributed by atoms with van der Waals surface area (Å²) >= 11 is 0. The van der Waals surface area contributed by atoms with Crippen molar-refractivity contribution in [3.05, 3.63) is 62.3 Å². The van der Waals surface area contributed by atoms with E-state index in [4.69, 9.17) is 4.42 Å². The van der Waals surface area contributed by atoms with E-state index in [1.54, 1.807) is 13.0 Å². The number of nitrogens with one attached hydrogen (secondary N) is 2. The predicted octanol–water partition coefficient (Wildman–Crippen LogP) is 1.00. The van der Waals surface area contributed by atoms with Crippen LogP contribution in [0.5, 0.6) is 0 Å². The van der Waals surface area contributed by atoms with E-state index < -0.39 is 5.76 Å². The zero-order chi connectivity index (χ0) is 18.0. The van der Waals surface area contributed by atoms with Crippen LogP contribution in [0, 0.1) is 13.8 Å². The molecule has 25 heavy (non-hydrogen) atoms. The molecule has 8 nitrogen and oxygen atoms in total. The molecule has 0 bridgehead atoms. The highest BCUT2D eigenvalue weighted by atomic mass is 16.4. The van der Waals surface area contributed by atoms with Gasteiger partial charge in [-0.1, -0.05) is 6.07 Å². The van der Waals surface area contributed by atoms with E-state index in [9.17, 15) is 14.4 Å². The fourth-order valence-corrected chi connectivity index (χ4v) is 2.61. The monoisotopic (exact) mass is 342 g/mol. The van der Waals surface area contributed by atoms with E-state index in [0.717, 1.165) is 5.56 Å². The summed E-state index contributed by atoms with van der Waals surface area (Å²) in [5.41, 5.74) is 2.39. The van der Waals surface area contributed by atoms with Crippen LogP contribution in [0.25, 0.3) is 11.1 Å². The third-order valence-corrected chi connectivity index (χ3v) is 3.77. The van der Waals surface area contributed by atoms with Gasteiger partial charge in [0.05, 0.1) is 17.8 Å². The average molecular weight is 342 g/mol. The van der Waals surface area contributed by atoms with Crippen LogP contribution in [0.2, 0.25) is 0 Å². The van der Waals surface area contributed by atoms with Crippen molar-refractivity contribution in [2.24, 2.45) is 0 Å². The molecule has 1 aromatic carbocycles. The molecule has 3 aromatic rings. The highest BCUT2D eigenvalue weighted by molar-refractivity contribution is 5.77. The molecule has 0 unspecified atom stereocenters. The van der Waals surface area contributed by atoms with Gasteiger partial charge in [0.2, 0.25) is 5.91 Å². The van der Waals surface area contributed by atoms with Gasteiger partial charge in [-0.05, 0) is 31.5 Å². The van der Waals surface area contributed by atoms with E-state index >= 15 is 0 Å². The Balaban J connectivity index is 1.64. The van der Waals surface area contributed by atoms with Crippen molar-refractivity contribution >= 4 is 17.0 Å². The van der Waals surface area contributed by atoms with Crippen LogP contribution < -0.4 is 16.6 Å². The number of aryl methyl sites for hydroxylation is 3. The maximum absolute atomic E-state index is 12.0. The van der Waals surface area contributed by atoms with Crippen LogP contribution in [0.3, 0.4) is 0 Å². The molecule has 2 N–H and O–H groups in total. The summed E-state index contributed by atoms with van der Waals surface area (Å²) in [6.45, 7) is 3.96. The number of rotatable bonds is 5. The third kappa shape index (κ3) is 3.85. The minimum Gasteiger partial charge on any atom is -0.408 e. The molecule has 3 rings (SSSR count). The number of nitrogens with zero attached hydrogens (tertiary/aromatic N) is 2. The zero-order valence-electron chi connectivity index (χ0n) is 14.0. The lowest BCUT2D eigenvalue weighted by Crippen LogP contribution is -2.27. The Bertz CT molecular complexity index is 1040. The lowest BCUT2D eigenvalue weighted by atomic mass is 10.2. The van der Waals surface area contributed by atoms with Crippen molar-refractivity contribution in [1.82, 2.24) is 19.9 Å². The maximum Gasteiger partial charge on any atom is 0.419 e. The van der Waals surface area contributed by atoms with E-state index in [1.165, 1.54) is 10.6 Å². The summed E-state index contributed by atoms with van der Waals surface area (Å²) < 4.78 is 6.61. The van der Waals surface area contributed by atoms with Gasteiger partial charge in [-0.3, -0.25) is 14.2 Å². The number of fused-ring (bicyclic) bond motifs is 1. The minimum absolute atomic E-state index is 0.116. The number of carbonyl (C=O) groups excluding carboxylic acids is 1. The summed E-state index contributed by atoms with van der Waals surface area (Å²) in [5.74, 6) is -0.238.